The minimum atomic E-state index is 1.07. The molecule has 0 aromatic heterocycles. The number of hydrogen-bond acceptors (Lipinski definition) is 0. The van der Waals surface area contributed by atoms with Crippen LogP contribution >= 0.6 is 0 Å². The number of quaternary nitrogens is 3. The van der Waals surface area contributed by atoms with Crippen LogP contribution in [0.5, 0.6) is 0 Å². The van der Waals surface area contributed by atoms with Crippen molar-refractivity contribution in [3.8, 4) is 0 Å². The third-order valence-electron chi connectivity index (χ3n) is 11.8. The maximum absolute atomic E-state index is 2.34. The first-order chi connectivity index (χ1) is 25.0. The fourth-order valence-electron chi connectivity index (χ4n) is 7.63. The van der Waals surface area contributed by atoms with Crippen LogP contribution in [0, 0.1) is 0 Å². The smallest absolute Gasteiger partial charge is 0.0786 e. The van der Waals surface area contributed by atoms with Crippen LogP contribution in [-0.2, 0) is 0 Å². The van der Waals surface area contributed by atoms with E-state index in [1.54, 1.807) is 0 Å². The Morgan fingerprint density at radius 3 is 0.481 bits per heavy atom. The summed E-state index contributed by atoms with van der Waals surface area (Å²) in [5, 5.41) is 0. The molecule has 318 valence electrons. The summed E-state index contributed by atoms with van der Waals surface area (Å²) in [6.07, 6.45) is 39.8. The molecule has 0 spiro atoms. The molecule has 0 aromatic carbocycles. The molecule has 0 amide bonds. The third-order valence-corrected chi connectivity index (χ3v) is 11.8. The Morgan fingerprint density at radius 2 is 0.346 bits per heavy atom. The van der Waals surface area contributed by atoms with E-state index >= 15 is 0 Å². The van der Waals surface area contributed by atoms with Crippen LogP contribution in [0.2, 0.25) is 0 Å². The number of rotatable bonds is 37. The lowest BCUT2D eigenvalue weighted by Crippen LogP contribution is -2.50. The summed E-state index contributed by atoms with van der Waals surface area (Å²) in [5.74, 6) is 0. The Morgan fingerprint density at radius 1 is 0.212 bits per heavy atom. The highest BCUT2D eigenvalue weighted by Gasteiger charge is 2.26. The molecule has 0 aliphatic rings. The second-order valence-corrected chi connectivity index (χ2v) is 18.1. The maximum Gasteiger partial charge on any atom is 0.0786 e. The molecular weight excluding hydrogens is 631 g/mol. The monoisotopic (exact) mass is 741 g/mol. The van der Waals surface area contributed by atoms with E-state index in [0.717, 1.165) is 4.48 Å². The summed E-state index contributed by atoms with van der Waals surface area (Å²) < 4.78 is 3.97. The van der Waals surface area contributed by atoms with Gasteiger partial charge in [0.1, 0.15) is 0 Å². The Hall–Kier alpha value is -0.120. The largest absolute Gasteiger partial charge is 0.331 e. The highest BCUT2D eigenvalue weighted by atomic mass is 15.4. The van der Waals surface area contributed by atoms with Crippen molar-refractivity contribution in [2.45, 2.75) is 242 Å². The van der Waals surface area contributed by atoms with Gasteiger partial charge in [0.25, 0.3) is 0 Å². The van der Waals surface area contributed by atoms with E-state index < -0.39 is 0 Å². The molecule has 0 atom stereocenters. The van der Waals surface area contributed by atoms with Gasteiger partial charge in [-0.05, 0) is 110 Å². The molecule has 0 aliphatic carbocycles. The SMILES string of the molecule is CCCCCC[N+](CCCCCC)(CCCCCC)CCCCCC.CCCCC[N+](CCCCC)(CCCCC)CCCCC.CC[N+](C)(C)C. The molecule has 0 rings (SSSR count). The van der Waals surface area contributed by atoms with Crippen molar-refractivity contribution in [3.05, 3.63) is 0 Å². The quantitative estimate of drug-likeness (QED) is 0.0439. The summed E-state index contributed by atoms with van der Waals surface area (Å²) in [6, 6.07) is 0. The van der Waals surface area contributed by atoms with Crippen molar-refractivity contribution in [2.24, 2.45) is 0 Å². The molecule has 0 heterocycles. The van der Waals surface area contributed by atoms with Gasteiger partial charge in [0.15, 0.2) is 0 Å². The minimum Gasteiger partial charge on any atom is -0.331 e. The molecule has 52 heavy (non-hydrogen) atoms. The molecule has 3 nitrogen and oxygen atoms in total. The first kappa shape index (κ1) is 56.2. The van der Waals surface area contributed by atoms with E-state index in [9.17, 15) is 0 Å². The van der Waals surface area contributed by atoms with Gasteiger partial charge in [-0.3, -0.25) is 0 Å². The van der Waals surface area contributed by atoms with E-state index in [1.165, 1.54) is 248 Å². The Labute approximate surface area is 334 Å². The second-order valence-electron chi connectivity index (χ2n) is 18.1. The zero-order chi connectivity index (χ0) is 39.7. The van der Waals surface area contributed by atoms with Gasteiger partial charge < -0.3 is 13.4 Å². The summed E-state index contributed by atoms with van der Waals surface area (Å²) in [7, 11) is 6.54. The van der Waals surface area contributed by atoms with Gasteiger partial charge in [-0.25, -0.2) is 0 Å². The third kappa shape index (κ3) is 39.6. The Bertz CT molecular complexity index is 540. The predicted octanol–water partition coefficient (Wildman–Crippen LogP) is 15.4. The molecule has 0 bridgehead atoms. The van der Waals surface area contributed by atoms with Crippen molar-refractivity contribution < 1.29 is 13.4 Å². The summed E-state index contributed by atoms with van der Waals surface area (Å²) >= 11 is 0. The summed E-state index contributed by atoms with van der Waals surface area (Å²) in [4.78, 5) is 0. The standard InChI is InChI=1S/C24H52N.C20H44N.C5H14N/c1-5-9-13-17-21-25(22-18-14-10-6-2,23-19-15-11-7-3)24-20-16-12-8-4;1-5-9-13-17-21(18-14-10-6-2,19-15-11-7-3)20-16-12-8-4;1-5-6(2,3)4/h5-24H2,1-4H3;5-20H2,1-4H3;5H2,1-4H3/q3*+1. The van der Waals surface area contributed by atoms with Gasteiger partial charge in [0, 0.05) is 0 Å². The molecule has 0 N–H and O–H groups in total. The first-order valence-electron chi connectivity index (χ1n) is 24.6. The van der Waals surface area contributed by atoms with Crippen LogP contribution in [-0.4, -0.2) is 93.5 Å². The molecule has 0 saturated carbocycles. The van der Waals surface area contributed by atoms with Gasteiger partial charge >= 0.3 is 0 Å². The van der Waals surface area contributed by atoms with E-state index in [0.29, 0.717) is 0 Å². The number of hydrogen-bond donors (Lipinski definition) is 0. The van der Waals surface area contributed by atoms with Crippen LogP contribution in [0.1, 0.15) is 242 Å². The fraction of sp³-hybridized carbons (Fsp3) is 1.00. The summed E-state index contributed by atoms with van der Waals surface area (Å²) in [5.41, 5.74) is 0. The number of unbranched alkanes of at least 4 members (excludes halogenated alkanes) is 20. The zero-order valence-corrected chi connectivity index (χ0v) is 39.5. The molecule has 3 heteroatoms. The lowest BCUT2D eigenvalue weighted by molar-refractivity contribution is -0.929. The van der Waals surface area contributed by atoms with Crippen LogP contribution in [0.3, 0.4) is 0 Å². The predicted molar refractivity (Wildman–Crippen MR) is 243 cm³/mol. The van der Waals surface area contributed by atoms with Crippen LogP contribution in [0.15, 0.2) is 0 Å². The molecule has 0 aliphatic heterocycles. The zero-order valence-electron chi connectivity index (χ0n) is 39.5. The molecule has 0 unspecified atom stereocenters. The molecule has 0 saturated heterocycles. The normalized spacial score (nSPS) is 12.0. The van der Waals surface area contributed by atoms with E-state index in [4.69, 9.17) is 0 Å². The van der Waals surface area contributed by atoms with Crippen molar-refractivity contribution in [3.63, 3.8) is 0 Å². The highest BCUT2D eigenvalue weighted by molar-refractivity contribution is 4.54. The fourth-order valence-corrected chi connectivity index (χ4v) is 7.63. The Balaban J connectivity index is -0.000000805. The number of nitrogens with zero attached hydrogens (tertiary/aromatic N) is 3. The van der Waals surface area contributed by atoms with Gasteiger partial charge in [0.05, 0.1) is 80.0 Å². The van der Waals surface area contributed by atoms with E-state index in [2.05, 4.69) is 83.5 Å². The lowest BCUT2D eigenvalue weighted by atomic mass is 10.1. The minimum absolute atomic E-state index is 1.07. The first-order valence-corrected chi connectivity index (χ1v) is 24.6. The lowest BCUT2D eigenvalue weighted by Gasteiger charge is -2.39. The van der Waals surface area contributed by atoms with Gasteiger partial charge in [-0.1, -0.05) is 132 Å². The van der Waals surface area contributed by atoms with E-state index in [1.807, 2.05) is 0 Å². The molecule has 0 radical (unpaired) electrons. The molecular formula is C49H110N3+3. The Kier molecular flexibility index (Phi) is 45.4. The maximum atomic E-state index is 2.34. The van der Waals surface area contributed by atoms with E-state index in [-0.39, 0.29) is 0 Å². The van der Waals surface area contributed by atoms with Crippen molar-refractivity contribution >= 4 is 0 Å². The van der Waals surface area contributed by atoms with Crippen molar-refractivity contribution in [2.75, 3.05) is 80.0 Å². The van der Waals surface area contributed by atoms with Gasteiger partial charge in [-0.2, -0.15) is 0 Å². The molecule has 0 aromatic rings. The van der Waals surface area contributed by atoms with Crippen LogP contribution in [0.4, 0.5) is 0 Å². The topological polar surface area (TPSA) is 0 Å². The van der Waals surface area contributed by atoms with Crippen LogP contribution in [0.25, 0.3) is 0 Å². The summed E-state index contributed by atoms with van der Waals surface area (Å²) in [6.45, 7) is 33.7. The average molecular weight is 741 g/mol. The molecule has 0 fully saturated rings. The van der Waals surface area contributed by atoms with Gasteiger partial charge in [-0.15, -0.1) is 0 Å². The highest BCUT2D eigenvalue weighted by Crippen LogP contribution is 2.20. The average Bonchev–Trinajstić information content (AvgIpc) is 3.13. The van der Waals surface area contributed by atoms with Crippen molar-refractivity contribution in [1.29, 1.82) is 0 Å². The van der Waals surface area contributed by atoms with Crippen LogP contribution < -0.4 is 0 Å². The van der Waals surface area contributed by atoms with Gasteiger partial charge in [0.2, 0.25) is 0 Å². The van der Waals surface area contributed by atoms with Crippen molar-refractivity contribution in [1.82, 2.24) is 0 Å². The second kappa shape index (κ2) is 42.0.